The van der Waals surface area contributed by atoms with E-state index in [1.165, 1.54) is 0 Å². The highest BCUT2D eigenvalue weighted by Gasteiger charge is 2.12. The van der Waals surface area contributed by atoms with E-state index in [0.717, 1.165) is 21.8 Å². The number of phenols is 1. The molecule has 2 aromatic carbocycles. The lowest BCUT2D eigenvalue weighted by Crippen LogP contribution is -1.88. The minimum absolute atomic E-state index is 0.175. The molecule has 0 bridgehead atoms. The number of fused-ring (bicyclic) bond motifs is 3. The molecule has 0 fully saturated rings. The Morgan fingerprint density at radius 3 is 2.62 bits per heavy atom. The third kappa shape index (κ3) is 0.972. The zero-order valence-corrected chi connectivity index (χ0v) is 8.94. The van der Waals surface area contributed by atoms with Crippen molar-refractivity contribution in [2.24, 2.45) is 7.05 Å². The van der Waals surface area contributed by atoms with Crippen LogP contribution in [0.3, 0.4) is 0 Å². The lowest BCUT2D eigenvalue weighted by atomic mass is 10.1. The molecule has 1 heterocycles. The Balaban J connectivity index is 2.68. The molecule has 0 aliphatic rings. The van der Waals surface area contributed by atoms with E-state index in [9.17, 15) is 5.11 Å². The van der Waals surface area contributed by atoms with Gasteiger partial charge in [0.05, 0.1) is 16.6 Å². The molecular weight excluding hydrogens is 200 g/mol. The molecule has 0 aliphatic carbocycles. The summed E-state index contributed by atoms with van der Waals surface area (Å²) in [6.45, 7) is 0. The van der Waals surface area contributed by atoms with Crippen LogP contribution in [0, 0.1) is 0 Å². The van der Waals surface area contributed by atoms with Crippen LogP contribution in [0.2, 0.25) is 0 Å². The lowest BCUT2D eigenvalue weighted by molar-refractivity contribution is 0.484. The van der Waals surface area contributed by atoms with Gasteiger partial charge in [-0.05, 0) is 18.2 Å². The smallest absolute Gasteiger partial charge is 0.148 e. The predicted molar refractivity (Wildman–Crippen MR) is 66.5 cm³/mol. The number of anilines is 1. The topological polar surface area (TPSA) is 51.2 Å². The molecule has 0 unspecified atom stereocenters. The fourth-order valence-corrected chi connectivity index (χ4v) is 2.25. The molecule has 3 heteroatoms. The van der Waals surface area contributed by atoms with Crippen LogP contribution >= 0.6 is 0 Å². The maximum absolute atomic E-state index is 10.0. The zero-order chi connectivity index (χ0) is 11.3. The predicted octanol–water partition coefficient (Wildman–Crippen LogP) is 2.62. The average molecular weight is 212 g/mol. The molecule has 80 valence electrons. The van der Waals surface area contributed by atoms with E-state index in [0.29, 0.717) is 5.69 Å². The van der Waals surface area contributed by atoms with Gasteiger partial charge in [-0.1, -0.05) is 18.2 Å². The van der Waals surface area contributed by atoms with E-state index in [1.807, 2.05) is 37.4 Å². The Labute approximate surface area is 92.7 Å². The van der Waals surface area contributed by atoms with Gasteiger partial charge in [-0.15, -0.1) is 0 Å². The number of aryl methyl sites for hydroxylation is 1. The van der Waals surface area contributed by atoms with Gasteiger partial charge in [0.2, 0.25) is 0 Å². The van der Waals surface area contributed by atoms with Gasteiger partial charge in [-0.25, -0.2) is 0 Å². The maximum Gasteiger partial charge on any atom is 0.148 e. The van der Waals surface area contributed by atoms with E-state index in [1.54, 1.807) is 6.07 Å². The molecule has 0 atom stereocenters. The van der Waals surface area contributed by atoms with Crippen molar-refractivity contribution < 1.29 is 5.11 Å². The molecule has 3 rings (SSSR count). The SMILES string of the molecule is Cn1c2ccccc2c2c(O)c(N)ccc21. The molecule has 3 N–H and O–H groups in total. The molecule has 0 radical (unpaired) electrons. The van der Waals surface area contributed by atoms with Gasteiger partial charge in [0, 0.05) is 18.0 Å². The Hall–Kier alpha value is -2.16. The van der Waals surface area contributed by atoms with Crippen LogP contribution in [0.1, 0.15) is 0 Å². The highest BCUT2D eigenvalue weighted by molar-refractivity contribution is 6.12. The molecular formula is C13H12N2O. The summed E-state index contributed by atoms with van der Waals surface area (Å²) in [6.07, 6.45) is 0. The number of nitrogens with two attached hydrogens (primary N) is 1. The molecule has 0 amide bonds. The largest absolute Gasteiger partial charge is 0.505 e. The highest BCUT2D eigenvalue weighted by Crippen LogP contribution is 2.37. The van der Waals surface area contributed by atoms with Crippen molar-refractivity contribution in [3.63, 3.8) is 0 Å². The number of hydrogen-bond donors (Lipinski definition) is 2. The van der Waals surface area contributed by atoms with Gasteiger partial charge in [-0.3, -0.25) is 0 Å². The molecule has 1 aromatic heterocycles. The molecule has 0 spiro atoms. The highest BCUT2D eigenvalue weighted by atomic mass is 16.3. The van der Waals surface area contributed by atoms with E-state index in [-0.39, 0.29) is 5.75 Å². The summed E-state index contributed by atoms with van der Waals surface area (Å²) in [6, 6.07) is 11.6. The van der Waals surface area contributed by atoms with E-state index >= 15 is 0 Å². The van der Waals surface area contributed by atoms with Crippen molar-refractivity contribution in [2.45, 2.75) is 0 Å². The first-order valence-corrected chi connectivity index (χ1v) is 5.14. The minimum atomic E-state index is 0.175. The van der Waals surface area contributed by atoms with E-state index in [2.05, 4.69) is 4.57 Å². The molecule has 0 saturated heterocycles. The number of aromatic nitrogens is 1. The first-order valence-electron chi connectivity index (χ1n) is 5.14. The fraction of sp³-hybridized carbons (Fsp3) is 0.0769. The number of benzene rings is 2. The average Bonchev–Trinajstić information content (AvgIpc) is 2.59. The van der Waals surface area contributed by atoms with Crippen LogP contribution in [0.15, 0.2) is 36.4 Å². The van der Waals surface area contributed by atoms with Gasteiger partial charge in [0.1, 0.15) is 5.75 Å². The fourth-order valence-electron chi connectivity index (χ4n) is 2.25. The van der Waals surface area contributed by atoms with Gasteiger partial charge in [0.25, 0.3) is 0 Å². The summed E-state index contributed by atoms with van der Waals surface area (Å²) < 4.78 is 2.06. The summed E-state index contributed by atoms with van der Waals surface area (Å²) in [4.78, 5) is 0. The van der Waals surface area contributed by atoms with Crippen molar-refractivity contribution in [3.05, 3.63) is 36.4 Å². The Morgan fingerprint density at radius 2 is 1.81 bits per heavy atom. The van der Waals surface area contributed by atoms with Crippen molar-refractivity contribution in [2.75, 3.05) is 5.73 Å². The standard InChI is InChI=1S/C13H12N2O/c1-15-10-5-3-2-4-8(10)12-11(15)7-6-9(14)13(12)16/h2-7,16H,14H2,1H3. The number of para-hydroxylation sites is 1. The van der Waals surface area contributed by atoms with Crippen LogP contribution in [0.4, 0.5) is 5.69 Å². The van der Waals surface area contributed by atoms with Gasteiger partial charge in [-0.2, -0.15) is 0 Å². The number of phenolic OH excluding ortho intramolecular Hbond substituents is 1. The quantitative estimate of drug-likeness (QED) is 0.444. The van der Waals surface area contributed by atoms with Gasteiger partial charge in [0.15, 0.2) is 0 Å². The summed E-state index contributed by atoms with van der Waals surface area (Å²) in [5, 5.41) is 11.9. The summed E-state index contributed by atoms with van der Waals surface area (Å²) >= 11 is 0. The second-order valence-corrected chi connectivity index (χ2v) is 3.97. The third-order valence-electron chi connectivity index (χ3n) is 3.08. The van der Waals surface area contributed by atoms with Crippen molar-refractivity contribution in [1.82, 2.24) is 4.57 Å². The van der Waals surface area contributed by atoms with Gasteiger partial charge >= 0.3 is 0 Å². The number of rotatable bonds is 0. The molecule has 0 saturated carbocycles. The molecule has 3 nitrogen and oxygen atoms in total. The van der Waals surface area contributed by atoms with Gasteiger partial charge < -0.3 is 15.4 Å². The number of nitrogen functional groups attached to an aromatic ring is 1. The zero-order valence-electron chi connectivity index (χ0n) is 8.94. The van der Waals surface area contributed by atoms with E-state index in [4.69, 9.17) is 5.73 Å². The monoisotopic (exact) mass is 212 g/mol. The van der Waals surface area contributed by atoms with Crippen LogP contribution in [0.5, 0.6) is 5.75 Å². The third-order valence-corrected chi connectivity index (χ3v) is 3.08. The number of nitrogens with zero attached hydrogens (tertiary/aromatic N) is 1. The summed E-state index contributed by atoms with van der Waals surface area (Å²) in [7, 11) is 1.99. The summed E-state index contributed by atoms with van der Waals surface area (Å²) in [5.41, 5.74) is 8.24. The lowest BCUT2D eigenvalue weighted by Gasteiger charge is -2.01. The normalized spacial score (nSPS) is 11.3. The van der Waals surface area contributed by atoms with Crippen LogP contribution in [-0.2, 0) is 7.05 Å². The summed E-state index contributed by atoms with van der Waals surface area (Å²) in [5.74, 6) is 0.175. The number of aromatic hydroxyl groups is 1. The first-order chi connectivity index (χ1) is 7.70. The second-order valence-electron chi connectivity index (χ2n) is 3.97. The minimum Gasteiger partial charge on any atom is -0.505 e. The van der Waals surface area contributed by atoms with Crippen molar-refractivity contribution >= 4 is 27.5 Å². The number of hydrogen-bond acceptors (Lipinski definition) is 2. The van der Waals surface area contributed by atoms with E-state index < -0.39 is 0 Å². The van der Waals surface area contributed by atoms with Crippen molar-refractivity contribution in [1.29, 1.82) is 0 Å². The molecule has 0 aliphatic heterocycles. The van der Waals surface area contributed by atoms with Crippen LogP contribution in [0.25, 0.3) is 21.8 Å². The second kappa shape index (κ2) is 2.92. The maximum atomic E-state index is 10.0. The Bertz CT molecular complexity index is 698. The Kier molecular flexibility index (Phi) is 1.66. The van der Waals surface area contributed by atoms with Crippen LogP contribution in [-0.4, -0.2) is 9.67 Å². The Morgan fingerprint density at radius 1 is 1.06 bits per heavy atom. The van der Waals surface area contributed by atoms with Crippen molar-refractivity contribution in [3.8, 4) is 5.75 Å². The van der Waals surface area contributed by atoms with Crippen LogP contribution < -0.4 is 5.73 Å². The molecule has 16 heavy (non-hydrogen) atoms. The first kappa shape index (κ1) is 9.09. The molecule has 3 aromatic rings.